The maximum Gasteiger partial charge on any atom is 0.0771 e. The van der Waals surface area contributed by atoms with Gasteiger partial charge in [0.15, 0.2) is 0 Å². The highest BCUT2D eigenvalue weighted by atomic mass is 32.2. The van der Waals surface area contributed by atoms with Crippen molar-refractivity contribution >= 4 is 11.8 Å². The largest absolute Gasteiger partial charge is 0.389 e. The molecule has 1 heterocycles. The van der Waals surface area contributed by atoms with Gasteiger partial charge in [-0.2, -0.15) is 11.8 Å². The summed E-state index contributed by atoms with van der Waals surface area (Å²) >= 11 is 2.02. The highest BCUT2D eigenvalue weighted by Gasteiger charge is 2.29. The molecule has 2 nitrogen and oxygen atoms in total. The summed E-state index contributed by atoms with van der Waals surface area (Å²) < 4.78 is 0. The summed E-state index contributed by atoms with van der Waals surface area (Å²) in [4.78, 5) is 0. The number of hydrogen-bond acceptors (Lipinski definition) is 3. The Kier molecular flexibility index (Phi) is 3.74. The van der Waals surface area contributed by atoms with Crippen molar-refractivity contribution in [3.05, 3.63) is 0 Å². The number of hydrogen-bond donors (Lipinski definition) is 2. The van der Waals surface area contributed by atoms with Gasteiger partial charge in [0.2, 0.25) is 0 Å². The lowest BCUT2D eigenvalue weighted by molar-refractivity contribution is 0.00323. The van der Waals surface area contributed by atoms with Crippen LogP contribution in [0.4, 0.5) is 0 Å². The van der Waals surface area contributed by atoms with Crippen molar-refractivity contribution in [3.8, 4) is 0 Å². The fourth-order valence-electron chi connectivity index (χ4n) is 2.42. The summed E-state index contributed by atoms with van der Waals surface area (Å²) in [5, 5.41) is 13.8. The molecule has 0 aromatic carbocycles. The topological polar surface area (TPSA) is 32.3 Å². The van der Waals surface area contributed by atoms with Gasteiger partial charge in [0.05, 0.1) is 5.60 Å². The Balaban J connectivity index is 1.72. The van der Waals surface area contributed by atoms with Gasteiger partial charge in [-0.1, -0.05) is 19.3 Å². The maximum atomic E-state index is 10.3. The van der Waals surface area contributed by atoms with Gasteiger partial charge in [-0.25, -0.2) is 0 Å². The van der Waals surface area contributed by atoms with E-state index >= 15 is 0 Å². The van der Waals surface area contributed by atoms with Crippen molar-refractivity contribution in [2.45, 2.75) is 50.2 Å². The van der Waals surface area contributed by atoms with Crippen LogP contribution in [0.2, 0.25) is 0 Å². The Labute approximate surface area is 90.8 Å². The predicted octanol–water partition coefficient (Wildman–Crippen LogP) is 1.78. The molecule has 3 heteroatoms. The third-order valence-electron chi connectivity index (χ3n) is 3.43. The molecule has 1 atom stereocenters. The molecule has 0 unspecified atom stereocenters. The predicted molar refractivity (Wildman–Crippen MR) is 61.8 cm³/mol. The van der Waals surface area contributed by atoms with Gasteiger partial charge in [-0.15, -0.1) is 0 Å². The molecule has 2 N–H and O–H groups in total. The van der Waals surface area contributed by atoms with Gasteiger partial charge in [-0.3, -0.25) is 0 Å². The molecular formula is C11H21NOS. The molecule has 0 amide bonds. The lowest BCUT2D eigenvalue weighted by atomic mass is 9.85. The number of nitrogens with one attached hydrogen (secondary N) is 1. The molecular weight excluding hydrogens is 194 g/mol. The monoisotopic (exact) mass is 215 g/mol. The van der Waals surface area contributed by atoms with Crippen LogP contribution in [0.1, 0.15) is 38.5 Å². The van der Waals surface area contributed by atoms with Crippen LogP contribution in [0.25, 0.3) is 0 Å². The summed E-state index contributed by atoms with van der Waals surface area (Å²) in [6, 6.07) is 0.658. The Morgan fingerprint density at radius 3 is 2.71 bits per heavy atom. The van der Waals surface area contributed by atoms with Crippen molar-refractivity contribution < 1.29 is 5.11 Å². The Hall–Kier alpha value is 0.270. The molecule has 1 aliphatic carbocycles. The van der Waals surface area contributed by atoms with Gasteiger partial charge in [0, 0.05) is 18.3 Å². The van der Waals surface area contributed by atoms with Gasteiger partial charge in [0.1, 0.15) is 0 Å². The number of aliphatic hydroxyl groups is 1. The summed E-state index contributed by atoms with van der Waals surface area (Å²) in [5.41, 5.74) is -0.383. The normalized spacial score (nSPS) is 31.9. The van der Waals surface area contributed by atoms with Crippen LogP contribution in [0.15, 0.2) is 0 Å². The maximum absolute atomic E-state index is 10.3. The van der Waals surface area contributed by atoms with E-state index in [1.165, 1.54) is 37.2 Å². The fraction of sp³-hybridized carbons (Fsp3) is 1.00. The average Bonchev–Trinajstić information content (AvgIpc) is 2.69. The van der Waals surface area contributed by atoms with Gasteiger partial charge in [-0.05, 0) is 25.0 Å². The molecule has 0 radical (unpaired) electrons. The summed E-state index contributed by atoms with van der Waals surface area (Å²) in [6.45, 7) is 0.818. The van der Waals surface area contributed by atoms with Crippen molar-refractivity contribution in [1.82, 2.24) is 5.32 Å². The van der Waals surface area contributed by atoms with E-state index in [9.17, 15) is 5.11 Å². The highest BCUT2D eigenvalue weighted by Crippen LogP contribution is 2.28. The standard InChI is InChI=1S/C11H21NOS/c13-11(5-2-1-3-6-11)9-12-10-4-7-14-8-10/h10,12-13H,1-9H2/t10-/m1/s1. The molecule has 14 heavy (non-hydrogen) atoms. The second-order valence-corrected chi connectivity index (χ2v) is 5.88. The van der Waals surface area contributed by atoms with Crippen LogP contribution in [0, 0.1) is 0 Å². The first-order valence-corrected chi connectivity index (χ1v) is 6.98. The van der Waals surface area contributed by atoms with Gasteiger partial charge in [0.25, 0.3) is 0 Å². The minimum atomic E-state index is -0.383. The molecule has 0 aromatic heterocycles. The minimum absolute atomic E-state index is 0.383. The van der Waals surface area contributed by atoms with E-state index in [1.54, 1.807) is 0 Å². The van der Waals surface area contributed by atoms with Crippen molar-refractivity contribution in [2.75, 3.05) is 18.1 Å². The van der Waals surface area contributed by atoms with E-state index in [-0.39, 0.29) is 5.60 Å². The van der Waals surface area contributed by atoms with Crippen LogP contribution >= 0.6 is 11.8 Å². The molecule has 1 saturated heterocycles. The fourth-order valence-corrected chi connectivity index (χ4v) is 3.60. The van der Waals surface area contributed by atoms with Crippen LogP contribution in [0.3, 0.4) is 0 Å². The Bertz CT molecular complexity index is 174. The molecule has 1 saturated carbocycles. The smallest absolute Gasteiger partial charge is 0.0771 e. The van der Waals surface area contributed by atoms with Crippen LogP contribution in [-0.4, -0.2) is 34.8 Å². The van der Waals surface area contributed by atoms with Crippen molar-refractivity contribution in [3.63, 3.8) is 0 Å². The first-order chi connectivity index (χ1) is 6.79. The average molecular weight is 215 g/mol. The molecule has 0 spiro atoms. The first kappa shape index (κ1) is 10.8. The van der Waals surface area contributed by atoms with E-state index in [0.29, 0.717) is 6.04 Å². The quantitative estimate of drug-likeness (QED) is 0.752. The Morgan fingerprint density at radius 1 is 1.29 bits per heavy atom. The minimum Gasteiger partial charge on any atom is -0.389 e. The molecule has 2 aliphatic rings. The second-order valence-electron chi connectivity index (χ2n) is 4.73. The van der Waals surface area contributed by atoms with E-state index < -0.39 is 0 Å². The van der Waals surface area contributed by atoms with E-state index in [1.807, 2.05) is 11.8 Å². The summed E-state index contributed by atoms with van der Waals surface area (Å²) in [6.07, 6.45) is 7.00. The van der Waals surface area contributed by atoms with Crippen LogP contribution < -0.4 is 5.32 Å². The lowest BCUT2D eigenvalue weighted by Gasteiger charge is -2.33. The molecule has 82 valence electrons. The lowest BCUT2D eigenvalue weighted by Crippen LogP contribution is -2.45. The van der Waals surface area contributed by atoms with Gasteiger partial charge >= 0.3 is 0 Å². The highest BCUT2D eigenvalue weighted by molar-refractivity contribution is 7.99. The number of thioether (sulfide) groups is 1. The van der Waals surface area contributed by atoms with Crippen LogP contribution in [0.5, 0.6) is 0 Å². The SMILES string of the molecule is OC1(CN[C@@H]2CCSC2)CCCCC1. The molecule has 2 rings (SSSR count). The third-order valence-corrected chi connectivity index (χ3v) is 4.60. The second kappa shape index (κ2) is 4.86. The van der Waals surface area contributed by atoms with E-state index in [2.05, 4.69) is 5.32 Å². The zero-order chi connectivity index (χ0) is 9.86. The summed E-state index contributed by atoms with van der Waals surface area (Å²) in [5.74, 6) is 2.52. The molecule has 0 aromatic rings. The molecule has 1 aliphatic heterocycles. The van der Waals surface area contributed by atoms with Crippen molar-refractivity contribution in [1.29, 1.82) is 0 Å². The van der Waals surface area contributed by atoms with E-state index in [4.69, 9.17) is 0 Å². The molecule has 2 fully saturated rings. The first-order valence-electron chi connectivity index (χ1n) is 5.82. The van der Waals surface area contributed by atoms with Crippen molar-refractivity contribution in [2.24, 2.45) is 0 Å². The Morgan fingerprint density at radius 2 is 2.07 bits per heavy atom. The van der Waals surface area contributed by atoms with E-state index in [0.717, 1.165) is 19.4 Å². The zero-order valence-electron chi connectivity index (χ0n) is 8.80. The number of rotatable bonds is 3. The van der Waals surface area contributed by atoms with Crippen LogP contribution in [-0.2, 0) is 0 Å². The molecule has 0 bridgehead atoms. The van der Waals surface area contributed by atoms with Gasteiger partial charge < -0.3 is 10.4 Å². The summed E-state index contributed by atoms with van der Waals surface area (Å²) in [7, 11) is 0. The zero-order valence-corrected chi connectivity index (χ0v) is 9.61. The third kappa shape index (κ3) is 2.88.